The summed E-state index contributed by atoms with van der Waals surface area (Å²) in [4.78, 5) is 38.1. The third kappa shape index (κ3) is 2.64. The quantitative estimate of drug-likeness (QED) is 0.799. The molecule has 3 rings (SSSR count). The minimum absolute atomic E-state index is 0.108. The highest BCUT2D eigenvalue weighted by atomic mass is 35.5. The number of ketones is 1. The SMILES string of the molecule is O=C1CC[NH+]([C@H]2CC(=O)N(c3ccc(F)c(Cl)c3)C2=O)CC1. The maximum absolute atomic E-state index is 13.2. The summed E-state index contributed by atoms with van der Waals surface area (Å²) in [6, 6.07) is 3.32. The van der Waals surface area contributed by atoms with E-state index in [1.807, 2.05) is 0 Å². The van der Waals surface area contributed by atoms with E-state index in [0.29, 0.717) is 25.9 Å². The molecule has 2 fully saturated rings. The van der Waals surface area contributed by atoms with E-state index in [9.17, 15) is 18.8 Å². The van der Waals surface area contributed by atoms with Crippen LogP contribution < -0.4 is 9.80 Å². The van der Waals surface area contributed by atoms with Gasteiger partial charge < -0.3 is 4.90 Å². The smallest absolute Gasteiger partial charge is 0.292 e. The lowest BCUT2D eigenvalue weighted by atomic mass is 10.1. The van der Waals surface area contributed by atoms with Crippen molar-refractivity contribution >= 4 is 34.9 Å². The van der Waals surface area contributed by atoms with Crippen molar-refractivity contribution < 1.29 is 23.7 Å². The van der Waals surface area contributed by atoms with Crippen molar-refractivity contribution in [1.82, 2.24) is 0 Å². The molecule has 7 heteroatoms. The molecule has 22 heavy (non-hydrogen) atoms. The van der Waals surface area contributed by atoms with E-state index in [4.69, 9.17) is 11.6 Å². The number of rotatable bonds is 2. The summed E-state index contributed by atoms with van der Waals surface area (Å²) in [6.45, 7) is 1.14. The number of halogens is 2. The highest BCUT2D eigenvalue weighted by Crippen LogP contribution is 2.26. The second kappa shape index (κ2) is 5.78. The average molecular weight is 326 g/mol. The minimum Gasteiger partial charge on any atom is -0.324 e. The van der Waals surface area contributed by atoms with Crippen molar-refractivity contribution in [2.45, 2.75) is 25.3 Å². The Balaban J connectivity index is 1.82. The number of benzene rings is 1. The third-order valence-corrected chi connectivity index (χ3v) is 4.54. The first kappa shape index (κ1) is 15.1. The molecule has 1 aromatic rings. The van der Waals surface area contributed by atoms with Crippen LogP contribution in [0.3, 0.4) is 0 Å². The van der Waals surface area contributed by atoms with Crippen molar-refractivity contribution in [1.29, 1.82) is 0 Å². The van der Waals surface area contributed by atoms with Crippen LogP contribution in [0, 0.1) is 5.82 Å². The molecular weight excluding hydrogens is 311 g/mol. The number of anilines is 1. The number of nitrogens with zero attached hydrogens (tertiary/aromatic N) is 1. The molecule has 0 unspecified atom stereocenters. The number of imide groups is 1. The van der Waals surface area contributed by atoms with Crippen LogP contribution in [0.15, 0.2) is 18.2 Å². The van der Waals surface area contributed by atoms with Gasteiger partial charge in [-0.05, 0) is 18.2 Å². The highest BCUT2D eigenvalue weighted by Gasteiger charge is 2.46. The van der Waals surface area contributed by atoms with E-state index in [1.54, 1.807) is 0 Å². The van der Waals surface area contributed by atoms with Crippen molar-refractivity contribution in [3.05, 3.63) is 29.0 Å². The normalized spacial score (nSPS) is 23.5. The lowest BCUT2D eigenvalue weighted by molar-refractivity contribution is -0.916. The van der Waals surface area contributed by atoms with Crippen LogP contribution in [0.2, 0.25) is 5.02 Å². The van der Waals surface area contributed by atoms with Crippen LogP contribution in [0.25, 0.3) is 0 Å². The summed E-state index contributed by atoms with van der Waals surface area (Å²) in [7, 11) is 0. The minimum atomic E-state index is -0.596. The molecule has 1 atom stereocenters. The molecule has 0 bridgehead atoms. The summed E-state index contributed by atoms with van der Waals surface area (Å²) >= 11 is 5.72. The fourth-order valence-corrected chi connectivity index (χ4v) is 3.22. The molecular formula is C15H15ClFN2O3+. The van der Waals surface area contributed by atoms with Gasteiger partial charge in [-0.15, -0.1) is 0 Å². The van der Waals surface area contributed by atoms with Crippen molar-refractivity contribution in [2.24, 2.45) is 0 Å². The first-order valence-corrected chi connectivity index (χ1v) is 7.53. The third-order valence-electron chi connectivity index (χ3n) is 4.25. The van der Waals surface area contributed by atoms with Crippen molar-refractivity contribution in [3.63, 3.8) is 0 Å². The predicted octanol–water partition coefficient (Wildman–Crippen LogP) is 0.359. The number of piperidine rings is 1. The molecule has 2 heterocycles. The highest BCUT2D eigenvalue weighted by molar-refractivity contribution is 6.31. The van der Waals surface area contributed by atoms with Crippen LogP contribution in [-0.4, -0.2) is 36.7 Å². The molecule has 0 aromatic heterocycles. The van der Waals surface area contributed by atoms with E-state index in [2.05, 4.69) is 0 Å². The Kier molecular flexibility index (Phi) is 3.97. The maximum atomic E-state index is 13.2. The Morgan fingerprint density at radius 3 is 2.50 bits per heavy atom. The summed E-state index contributed by atoms with van der Waals surface area (Å²) < 4.78 is 13.2. The number of hydrogen-bond donors (Lipinski definition) is 1. The van der Waals surface area contributed by atoms with Crippen molar-refractivity contribution in [3.8, 4) is 0 Å². The number of likely N-dealkylation sites (tertiary alicyclic amines) is 1. The molecule has 0 radical (unpaired) electrons. The zero-order valence-corrected chi connectivity index (χ0v) is 12.5. The van der Waals surface area contributed by atoms with Crippen LogP contribution in [0.1, 0.15) is 19.3 Å². The number of Topliss-reactive ketones (excluding diaryl/α,β-unsaturated/α-hetero) is 1. The van der Waals surface area contributed by atoms with E-state index < -0.39 is 11.9 Å². The van der Waals surface area contributed by atoms with Gasteiger partial charge in [-0.1, -0.05) is 11.6 Å². The summed E-state index contributed by atoms with van der Waals surface area (Å²) in [5.74, 6) is -1.02. The average Bonchev–Trinajstić information content (AvgIpc) is 2.78. The van der Waals surface area contributed by atoms with E-state index in [-0.39, 0.29) is 34.7 Å². The zero-order valence-electron chi connectivity index (χ0n) is 11.8. The van der Waals surface area contributed by atoms with Crippen LogP contribution in [0.5, 0.6) is 0 Å². The number of carbonyl (C=O) groups is 3. The van der Waals surface area contributed by atoms with Gasteiger partial charge in [-0.2, -0.15) is 0 Å². The largest absolute Gasteiger partial charge is 0.324 e. The standard InChI is InChI=1S/C15H14ClFN2O3/c16-11-7-9(1-2-12(11)17)19-14(21)8-13(15(19)22)18-5-3-10(20)4-6-18/h1-2,7,13H,3-6,8H2/p+1/t13-/m0/s1. The molecule has 0 spiro atoms. The van der Waals surface area contributed by atoms with Crippen LogP contribution in [0.4, 0.5) is 10.1 Å². The molecule has 0 saturated carbocycles. The van der Waals surface area contributed by atoms with Crippen molar-refractivity contribution in [2.75, 3.05) is 18.0 Å². The second-order valence-corrected chi connectivity index (χ2v) is 6.03. The second-order valence-electron chi connectivity index (χ2n) is 5.62. The predicted molar refractivity (Wildman–Crippen MR) is 77.2 cm³/mol. The molecule has 5 nitrogen and oxygen atoms in total. The van der Waals surface area contributed by atoms with Gasteiger partial charge in [0.2, 0.25) is 5.91 Å². The van der Waals surface area contributed by atoms with Gasteiger partial charge in [0.05, 0.1) is 43.1 Å². The lowest BCUT2D eigenvalue weighted by Gasteiger charge is -2.27. The maximum Gasteiger partial charge on any atom is 0.292 e. The molecule has 2 aliphatic rings. The number of nitrogens with one attached hydrogen (secondary N) is 1. The Labute approximate surface area is 131 Å². The summed E-state index contributed by atoms with van der Waals surface area (Å²) in [5.41, 5.74) is 0.288. The van der Waals surface area contributed by atoms with Crippen LogP contribution in [-0.2, 0) is 14.4 Å². The fraction of sp³-hybridized carbons (Fsp3) is 0.400. The molecule has 0 aliphatic carbocycles. The molecule has 2 amide bonds. The monoisotopic (exact) mass is 325 g/mol. The number of amides is 2. The van der Waals surface area contributed by atoms with E-state index >= 15 is 0 Å². The van der Waals surface area contributed by atoms with Crippen LogP contribution >= 0.6 is 11.6 Å². The number of carbonyl (C=O) groups excluding carboxylic acids is 3. The van der Waals surface area contributed by atoms with Gasteiger partial charge in [-0.25, -0.2) is 9.29 Å². The number of quaternary nitrogens is 1. The Morgan fingerprint density at radius 2 is 1.86 bits per heavy atom. The Hall–Kier alpha value is -1.79. The van der Waals surface area contributed by atoms with Gasteiger partial charge in [0.1, 0.15) is 11.6 Å². The molecule has 2 aliphatic heterocycles. The number of hydrogen-bond acceptors (Lipinski definition) is 3. The topological polar surface area (TPSA) is 58.9 Å². The van der Waals surface area contributed by atoms with Gasteiger partial charge in [0.15, 0.2) is 6.04 Å². The summed E-state index contributed by atoms with van der Waals surface area (Å²) in [5, 5.41) is -0.127. The lowest BCUT2D eigenvalue weighted by Crippen LogP contribution is -3.17. The first-order valence-electron chi connectivity index (χ1n) is 7.15. The summed E-state index contributed by atoms with van der Waals surface area (Å²) in [6.07, 6.45) is 0.989. The van der Waals surface area contributed by atoms with E-state index in [1.165, 1.54) is 12.1 Å². The zero-order chi connectivity index (χ0) is 15.9. The van der Waals surface area contributed by atoms with E-state index in [0.717, 1.165) is 15.9 Å². The van der Waals surface area contributed by atoms with Gasteiger partial charge in [-0.3, -0.25) is 14.4 Å². The fourth-order valence-electron chi connectivity index (χ4n) is 3.04. The Morgan fingerprint density at radius 1 is 1.18 bits per heavy atom. The Bertz CT molecular complexity index is 654. The molecule has 116 valence electrons. The van der Waals surface area contributed by atoms with Gasteiger partial charge >= 0.3 is 0 Å². The first-order chi connectivity index (χ1) is 10.5. The molecule has 2 saturated heterocycles. The van der Waals surface area contributed by atoms with Gasteiger partial charge in [0.25, 0.3) is 5.91 Å². The molecule has 1 aromatic carbocycles. The van der Waals surface area contributed by atoms with Gasteiger partial charge in [0, 0.05) is 0 Å². The molecule has 1 N–H and O–H groups in total.